The van der Waals surface area contributed by atoms with E-state index in [2.05, 4.69) is 20.6 Å². The highest BCUT2D eigenvalue weighted by atomic mass is 32.1. The number of aliphatic hydroxyl groups is 1. The van der Waals surface area contributed by atoms with E-state index in [1.165, 1.54) is 12.8 Å². The second-order valence-corrected chi connectivity index (χ2v) is 8.11. The largest absolute Gasteiger partial charge is 0.474 e. The predicted octanol–water partition coefficient (Wildman–Crippen LogP) is 3.43. The summed E-state index contributed by atoms with van der Waals surface area (Å²) >= 11 is 1.58. The standard InChI is InChI=1S/C21H30N4O2S/c1-3-22-20(25-15-21(2,26)17-10-12-28-14-17)24-13-16-7-6-11-23-19(16)27-18-8-4-5-9-18/h6-7,10-12,14,18,26H,3-5,8-9,13,15H2,1-2H3,(H2,22,24,25). The van der Waals surface area contributed by atoms with Gasteiger partial charge in [0.25, 0.3) is 0 Å². The van der Waals surface area contributed by atoms with Gasteiger partial charge in [-0.2, -0.15) is 11.3 Å². The fourth-order valence-corrected chi connectivity index (χ4v) is 4.03. The maximum Gasteiger partial charge on any atom is 0.218 e. The number of guanidine groups is 1. The highest BCUT2D eigenvalue weighted by molar-refractivity contribution is 7.08. The van der Waals surface area contributed by atoms with Gasteiger partial charge in [-0.3, -0.25) is 0 Å². The Morgan fingerprint density at radius 1 is 1.36 bits per heavy atom. The molecule has 6 nitrogen and oxygen atoms in total. The Hall–Kier alpha value is -2.12. The monoisotopic (exact) mass is 402 g/mol. The van der Waals surface area contributed by atoms with Crippen LogP contribution in [-0.4, -0.2) is 35.2 Å². The van der Waals surface area contributed by atoms with Crippen molar-refractivity contribution in [2.45, 2.75) is 57.8 Å². The van der Waals surface area contributed by atoms with Crippen LogP contribution in [0.25, 0.3) is 0 Å². The van der Waals surface area contributed by atoms with E-state index in [-0.39, 0.29) is 6.10 Å². The van der Waals surface area contributed by atoms with Gasteiger partial charge in [0.1, 0.15) is 11.7 Å². The molecule has 2 heterocycles. The lowest BCUT2D eigenvalue weighted by atomic mass is 9.99. The topological polar surface area (TPSA) is 78.8 Å². The molecule has 0 spiro atoms. The van der Waals surface area contributed by atoms with Crippen molar-refractivity contribution >= 4 is 17.3 Å². The molecule has 0 saturated heterocycles. The first-order valence-corrected chi connectivity index (χ1v) is 10.9. The second-order valence-electron chi connectivity index (χ2n) is 7.33. The molecule has 1 aliphatic carbocycles. The summed E-state index contributed by atoms with van der Waals surface area (Å²) in [7, 11) is 0. The van der Waals surface area contributed by atoms with E-state index in [4.69, 9.17) is 4.74 Å². The third kappa shape index (κ3) is 5.69. The van der Waals surface area contributed by atoms with Gasteiger partial charge in [-0.25, -0.2) is 9.98 Å². The maximum atomic E-state index is 10.7. The average molecular weight is 403 g/mol. The van der Waals surface area contributed by atoms with Crippen molar-refractivity contribution in [3.63, 3.8) is 0 Å². The molecule has 0 bridgehead atoms. The molecule has 0 amide bonds. The van der Waals surface area contributed by atoms with Crippen LogP contribution < -0.4 is 15.4 Å². The van der Waals surface area contributed by atoms with Crippen LogP contribution in [0.4, 0.5) is 0 Å². The predicted molar refractivity (Wildman–Crippen MR) is 114 cm³/mol. The number of nitrogens with one attached hydrogen (secondary N) is 2. The summed E-state index contributed by atoms with van der Waals surface area (Å²) in [6, 6.07) is 5.86. The molecule has 3 N–H and O–H groups in total. The quantitative estimate of drug-likeness (QED) is 0.466. The number of thiophene rings is 1. The molecule has 1 aliphatic rings. The van der Waals surface area contributed by atoms with Gasteiger partial charge in [0.2, 0.25) is 5.88 Å². The van der Waals surface area contributed by atoms with Crippen LogP contribution in [0.1, 0.15) is 50.7 Å². The number of hydrogen-bond donors (Lipinski definition) is 3. The van der Waals surface area contributed by atoms with E-state index in [0.717, 1.165) is 30.5 Å². The SMILES string of the molecule is CCNC(=NCc1cccnc1OC1CCCC1)NCC(C)(O)c1ccsc1. The van der Waals surface area contributed by atoms with Crippen LogP contribution in [0.3, 0.4) is 0 Å². The van der Waals surface area contributed by atoms with Crippen molar-refractivity contribution in [3.8, 4) is 5.88 Å². The molecule has 1 unspecified atom stereocenters. The van der Waals surface area contributed by atoms with Crippen molar-refractivity contribution in [1.82, 2.24) is 15.6 Å². The third-order valence-electron chi connectivity index (χ3n) is 4.93. The fourth-order valence-electron chi connectivity index (χ4n) is 3.25. The van der Waals surface area contributed by atoms with E-state index in [1.54, 1.807) is 24.5 Å². The number of rotatable bonds is 8. The lowest BCUT2D eigenvalue weighted by Gasteiger charge is -2.24. The summed E-state index contributed by atoms with van der Waals surface area (Å²) in [5.74, 6) is 1.34. The first-order valence-electron chi connectivity index (χ1n) is 9.96. The number of aromatic nitrogens is 1. The zero-order valence-electron chi connectivity index (χ0n) is 16.6. The molecule has 7 heteroatoms. The number of nitrogens with zero attached hydrogens (tertiary/aromatic N) is 2. The van der Waals surface area contributed by atoms with Gasteiger partial charge in [-0.15, -0.1) is 0 Å². The Bertz CT molecular complexity index is 756. The van der Waals surface area contributed by atoms with E-state index in [9.17, 15) is 5.11 Å². The first kappa shape index (κ1) is 20.6. The number of aliphatic imine (C=N–C) groups is 1. The summed E-state index contributed by atoms with van der Waals surface area (Å²) in [6.45, 7) is 5.40. The van der Waals surface area contributed by atoms with E-state index in [0.29, 0.717) is 24.9 Å². The van der Waals surface area contributed by atoms with Crippen LogP contribution in [0.5, 0.6) is 5.88 Å². The van der Waals surface area contributed by atoms with Gasteiger partial charge in [0.05, 0.1) is 13.1 Å². The van der Waals surface area contributed by atoms with Gasteiger partial charge < -0.3 is 20.5 Å². The molecule has 2 aromatic heterocycles. The lowest BCUT2D eigenvalue weighted by molar-refractivity contribution is 0.0621. The van der Waals surface area contributed by atoms with Gasteiger partial charge in [0, 0.05) is 18.3 Å². The van der Waals surface area contributed by atoms with Crippen LogP contribution in [0, 0.1) is 0 Å². The first-order chi connectivity index (χ1) is 13.6. The van der Waals surface area contributed by atoms with Crippen molar-refractivity contribution in [2.75, 3.05) is 13.1 Å². The number of hydrogen-bond acceptors (Lipinski definition) is 5. The van der Waals surface area contributed by atoms with Crippen molar-refractivity contribution < 1.29 is 9.84 Å². The molecule has 152 valence electrons. The Kier molecular flexibility index (Phi) is 7.28. The van der Waals surface area contributed by atoms with Crippen molar-refractivity contribution in [3.05, 3.63) is 46.3 Å². The molecule has 3 rings (SSSR count). The highest BCUT2D eigenvalue weighted by Gasteiger charge is 2.24. The molecule has 2 aromatic rings. The summed E-state index contributed by atoms with van der Waals surface area (Å²) in [4.78, 5) is 9.08. The van der Waals surface area contributed by atoms with Gasteiger partial charge >= 0.3 is 0 Å². The van der Waals surface area contributed by atoms with Crippen molar-refractivity contribution in [2.24, 2.45) is 4.99 Å². The molecule has 0 radical (unpaired) electrons. The van der Waals surface area contributed by atoms with E-state index in [1.807, 2.05) is 35.9 Å². The number of pyridine rings is 1. The third-order valence-corrected chi connectivity index (χ3v) is 5.61. The summed E-state index contributed by atoms with van der Waals surface area (Å²) in [5, 5.41) is 21.1. The normalized spacial score (nSPS) is 17.3. The van der Waals surface area contributed by atoms with Gasteiger partial charge in [-0.1, -0.05) is 6.07 Å². The summed E-state index contributed by atoms with van der Waals surface area (Å²) < 4.78 is 6.10. The van der Waals surface area contributed by atoms with Crippen LogP contribution in [0.2, 0.25) is 0 Å². The molecule has 28 heavy (non-hydrogen) atoms. The van der Waals surface area contributed by atoms with Gasteiger partial charge in [0.15, 0.2) is 5.96 Å². The van der Waals surface area contributed by atoms with Crippen molar-refractivity contribution in [1.29, 1.82) is 0 Å². The molecule has 1 saturated carbocycles. The van der Waals surface area contributed by atoms with Crippen LogP contribution in [0.15, 0.2) is 40.1 Å². The Balaban J connectivity index is 1.64. The molecule has 1 atom stereocenters. The lowest BCUT2D eigenvalue weighted by Crippen LogP contribution is -2.44. The van der Waals surface area contributed by atoms with Crippen LogP contribution in [-0.2, 0) is 12.1 Å². The maximum absolute atomic E-state index is 10.7. The molecule has 1 fully saturated rings. The van der Waals surface area contributed by atoms with Gasteiger partial charge in [-0.05, 0) is 68.0 Å². The Morgan fingerprint density at radius 2 is 2.18 bits per heavy atom. The average Bonchev–Trinajstić information content (AvgIpc) is 3.39. The fraction of sp³-hybridized carbons (Fsp3) is 0.524. The Labute approximate surface area is 171 Å². The summed E-state index contributed by atoms with van der Waals surface area (Å²) in [6.07, 6.45) is 6.68. The minimum atomic E-state index is -0.957. The molecular weight excluding hydrogens is 372 g/mol. The van der Waals surface area contributed by atoms with E-state index < -0.39 is 5.60 Å². The van der Waals surface area contributed by atoms with Crippen LogP contribution >= 0.6 is 11.3 Å². The molecule has 0 aliphatic heterocycles. The highest BCUT2D eigenvalue weighted by Crippen LogP contribution is 2.25. The zero-order valence-corrected chi connectivity index (χ0v) is 17.5. The minimum Gasteiger partial charge on any atom is -0.474 e. The zero-order chi connectivity index (χ0) is 19.8. The number of ether oxygens (including phenoxy) is 1. The molecule has 0 aromatic carbocycles. The van der Waals surface area contributed by atoms with E-state index >= 15 is 0 Å². The second kappa shape index (κ2) is 9.89. The minimum absolute atomic E-state index is 0.268. The Morgan fingerprint density at radius 3 is 2.89 bits per heavy atom. The molecular formula is C21H30N4O2S. The summed E-state index contributed by atoms with van der Waals surface area (Å²) in [5.41, 5.74) is 0.915. The smallest absolute Gasteiger partial charge is 0.218 e.